The van der Waals surface area contributed by atoms with Gasteiger partial charge in [-0.25, -0.2) is 0 Å². The molecule has 0 radical (unpaired) electrons. The summed E-state index contributed by atoms with van der Waals surface area (Å²) < 4.78 is 11.5. The highest BCUT2D eigenvalue weighted by Gasteiger charge is 2.22. The maximum atomic E-state index is 11.1. The molecule has 0 fully saturated rings. The van der Waals surface area contributed by atoms with E-state index in [2.05, 4.69) is 23.5 Å². The molecule has 1 aliphatic rings. The van der Waals surface area contributed by atoms with Crippen molar-refractivity contribution in [3.63, 3.8) is 0 Å². The molecule has 0 bridgehead atoms. The largest absolute Gasteiger partial charge is 0.497 e. The number of rotatable bonds is 5. The summed E-state index contributed by atoms with van der Waals surface area (Å²) in [6.45, 7) is 2.13. The van der Waals surface area contributed by atoms with Gasteiger partial charge in [0.25, 0.3) is 0 Å². The van der Waals surface area contributed by atoms with Crippen LogP contribution in [0.1, 0.15) is 30.6 Å². The summed E-state index contributed by atoms with van der Waals surface area (Å²) in [5, 5.41) is 2.86. The first kappa shape index (κ1) is 16.1. The molecular formula is C20H21NO3. The van der Waals surface area contributed by atoms with Crippen LogP contribution < -0.4 is 14.8 Å². The summed E-state index contributed by atoms with van der Waals surface area (Å²) >= 11 is 0. The number of hydrogen-bond donors (Lipinski definition) is 1. The number of carbonyl (C=O) groups excluding carboxylic acids is 1. The lowest BCUT2D eigenvalue weighted by Gasteiger charge is -2.26. The minimum absolute atomic E-state index is 0.0202. The molecule has 0 aromatic heterocycles. The first-order chi connectivity index (χ1) is 11.7. The molecule has 1 unspecified atom stereocenters. The highest BCUT2D eigenvalue weighted by molar-refractivity contribution is 5.76. The van der Waals surface area contributed by atoms with Crippen molar-refractivity contribution < 1.29 is 14.3 Å². The summed E-state index contributed by atoms with van der Waals surface area (Å²) in [6, 6.07) is 15.9. The van der Waals surface area contributed by atoms with Crippen LogP contribution >= 0.6 is 0 Å². The third-order valence-electron chi connectivity index (χ3n) is 4.04. The number of nitrogens with one attached hydrogen (secondary N) is 1. The monoisotopic (exact) mass is 323 g/mol. The topological polar surface area (TPSA) is 47.6 Å². The van der Waals surface area contributed by atoms with Gasteiger partial charge in [0.2, 0.25) is 5.91 Å². The van der Waals surface area contributed by atoms with Crippen LogP contribution in [0.2, 0.25) is 0 Å². The lowest BCUT2D eigenvalue weighted by atomic mass is 9.94. The number of methoxy groups -OCH3 is 1. The average molecular weight is 323 g/mol. The van der Waals surface area contributed by atoms with Gasteiger partial charge in [-0.15, -0.1) is 0 Å². The lowest BCUT2D eigenvalue weighted by molar-refractivity contribution is -0.118. The fraction of sp³-hybridized carbons (Fsp3) is 0.250. The van der Waals surface area contributed by atoms with Crippen LogP contribution in [-0.4, -0.2) is 19.6 Å². The maximum absolute atomic E-state index is 11.1. The SMILES string of the molecule is COc1ccc2c(c1)C(CCNC(C)=O)=CC(c1ccccc1)O2. The van der Waals surface area contributed by atoms with Crippen molar-refractivity contribution in [1.29, 1.82) is 0 Å². The zero-order chi connectivity index (χ0) is 16.9. The minimum Gasteiger partial charge on any atom is -0.497 e. The molecule has 1 atom stereocenters. The van der Waals surface area contributed by atoms with Crippen LogP contribution in [0.5, 0.6) is 11.5 Å². The number of amides is 1. The summed E-state index contributed by atoms with van der Waals surface area (Å²) in [7, 11) is 1.65. The Morgan fingerprint density at radius 1 is 1.21 bits per heavy atom. The van der Waals surface area contributed by atoms with Crippen LogP contribution in [-0.2, 0) is 4.79 Å². The van der Waals surface area contributed by atoms with E-state index in [0.29, 0.717) is 6.54 Å². The van der Waals surface area contributed by atoms with Gasteiger partial charge in [-0.1, -0.05) is 30.3 Å². The van der Waals surface area contributed by atoms with Gasteiger partial charge in [0.05, 0.1) is 7.11 Å². The summed E-state index contributed by atoms with van der Waals surface area (Å²) in [4.78, 5) is 11.1. The third-order valence-corrected chi connectivity index (χ3v) is 4.04. The van der Waals surface area contributed by atoms with Gasteiger partial charge in [0.1, 0.15) is 17.6 Å². The molecule has 1 N–H and O–H groups in total. The zero-order valence-corrected chi connectivity index (χ0v) is 13.9. The molecule has 1 heterocycles. The Bertz CT molecular complexity index is 753. The van der Waals surface area contributed by atoms with E-state index in [9.17, 15) is 4.79 Å². The molecule has 0 saturated heterocycles. The first-order valence-electron chi connectivity index (χ1n) is 8.02. The summed E-state index contributed by atoms with van der Waals surface area (Å²) in [6.07, 6.45) is 2.74. The van der Waals surface area contributed by atoms with E-state index < -0.39 is 0 Å². The summed E-state index contributed by atoms with van der Waals surface area (Å²) in [5.41, 5.74) is 3.28. The molecule has 2 aromatic rings. The van der Waals surface area contributed by atoms with Crippen molar-refractivity contribution in [2.75, 3.05) is 13.7 Å². The van der Waals surface area contributed by atoms with Gasteiger partial charge in [0, 0.05) is 19.0 Å². The predicted molar refractivity (Wildman–Crippen MR) is 94.1 cm³/mol. The third kappa shape index (κ3) is 3.59. The van der Waals surface area contributed by atoms with Crippen LogP contribution in [0, 0.1) is 0 Å². The van der Waals surface area contributed by atoms with E-state index in [-0.39, 0.29) is 12.0 Å². The average Bonchev–Trinajstić information content (AvgIpc) is 2.61. The fourth-order valence-corrected chi connectivity index (χ4v) is 2.83. The second kappa shape index (κ2) is 7.21. The van der Waals surface area contributed by atoms with E-state index in [1.54, 1.807) is 7.11 Å². The Kier molecular flexibility index (Phi) is 4.85. The smallest absolute Gasteiger partial charge is 0.216 e. The highest BCUT2D eigenvalue weighted by Crippen LogP contribution is 2.40. The van der Waals surface area contributed by atoms with Gasteiger partial charge < -0.3 is 14.8 Å². The molecule has 24 heavy (non-hydrogen) atoms. The Morgan fingerprint density at radius 3 is 2.71 bits per heavy atom. The second-order valence-electron chi connectivity index (χ2n) is 5.74. The van der Waals surface area contributed by atoms with E-state index >= 15 is 0 Å². The number of fused-ring (bicyclic) bond motifs is 1. The number of benzene rings is 2. The number of ether oxygens (including phenoxy) is 2. The van der Waals surface area contributed by atoms with E-state index in [4.69, 9.17) is 9.47 Å². The minimum atomic E-state index is -0.126. The Balaban J connectivity index is 1.92. The van der Waals surface area contributed by atoms with E-state index in [1.807, 2.05) is 36.4 Å². The van der Waals surface area contributed by atoms with Crippen molar-refractivity contribution in [1.82, 2.24) is 5.32 Å². The maximum Gasteiger partial charge on any atom is 0.216 e. The van der Waals surface area contributed by atoms with E-state index in [0.717, 1.165) is 34.6 Å². The highest BCUT2D eigenvalue weighted by atomic mass is 16.5. The van der Waals surface area contributed by atoms with Crippen molar-refractivity contribution in [3.8, 4) is 11.5 Å². The van der Waals surface area contributed by atoms with Crippen LogP contribution in [0.25, 0.3) is 5.57 Å². The molecular weight excluding hydrogens is 302 g/mol. The molecule has 0 spiro atoms. The summed E-state index contributed by atoms with van der Waals surface area (Å²) in [5.74, 6) is 1.61. The van der Waals surface area contributed by atoms with E-state index in [1.165, 1.54) is 6.92 Å². The molecule has 1 amide bonds. The molecule has 4 nitrogen and oxygen atoms in total. The second-order valence-corrected chi connectivity index (χ2v) is 5.74. The van der Waals surface area contributed by atoms with Gasteiger partial charge in [-0.05, 0) is 41.8 Å². The van der Waals surface area contributed by atoms with Gasteiger partial charge in [-0.2, -0.15) is 0 Å². The van der Waals surface area contributed by atoms with Gasteiger partial charge in [0.15, 0.2) is 0 Å². The Hall–Kier alpha value is -2.75. The van der Waals surface area contributed by atoms with Crippen molar-refractivity contribution >= 4 is 11.5 Å². The number of carbonyl (C=O) groups is 1. The predicted octanol–water partition coefficient (Wildman–Crippen LogP) is 3.74. The Morgan fingerprint density at radius 2 is 2.00 bits per heavy atom. The van der Waals surface area contributed by atoms with Crippen molar-refractivity contribution in [2.24, 2.45) is 0 Å². The van der Waals surface area contributed by atoms with Crippen molar-refractivity contribution in [2.45, 2.75) is 19.4 Å². The zero-order valence-electron chi connectivity index (χ0n) is 13.9. The molecule has 2 aromatic carbocycles. The molecule has 3 rings (SSSR count). The van der Waals surface area contributed by atoms with Crippen LogP contribution in [0.15, 0.2) is 54.6 Å². The Labute approximate surface area is 142 Å². The molecule has 4 heteroatoms. The molecule has 0 aliphatic carbocycles. The van der Waals surface area contributed by atoms with Crippen molar-refractivity contribution in [3.05, 3.63) is 65.7 Å². The van der Waals surface area contributed by atoms with Gasteiger partial charge >= 0.3 is 0 Å². The first-order valence-corrected chi connectivity index (χ1v) is 8.02. The van der Waals surface area contributed by atoms with Gasteiger partial charge in [-0.3, -0.25) is 4.79 Å². The molecule has 1 aliphatic heterocycles. The normalized spacial score (nSPS) is 15.8. The molecule has 0 saturated carbocycles. The number of hydrogen-bond acceptors (Lipinski definition) is 3. The van der Waals surface area contributed by atoms with Crippen LogP contribution in [0.4, 0.5) is 0 Å². The lowest BCUT2D eigenvalue weighted by Crippen LogP contribution is -2.22. The quantitative estimate of drug-likeness (QED) is 0.912. The van der Waals surface area contributed by atoms with Crippen LogP contribution in [0.3, 0.4) is 0 Å². The standard InChI is InChI=1S/C20H21NO3/c1-14(22)21-11-10-16-12-20(15-6-4-3-5-7-15)24-19-9-8-17(23-2)13-18(16)19/h3-9,12-13,20H,10-11H2,1-2H3,(H,21,22). The fourth-order valence-electron chi connectivity index (χ4n) is 2.83. The molecule has 124 valence electrons.